The van der Waals surface area contributed by atoms with Crippen LogP contribution in [0.3, 0.4) is 0 Å². The number of carbonyl (C=O) groups excluding carboxylic acids is 1. The molecule has 0 amide bonds. The minimum atomic E-state index is -4.69. The lowest BCUT2D eigenvalue weighted by atomic mass is 9.95. The second-order valence-electron chi connectivity index (χ2n) is 5.50. The van der Waals surface area contributed by atoms with Gasteiger partial charge in [-0.2, -0.15) is 0 Å². The molecule has 2 unspecified atom stereocenters. The first-order chi connectivity index (χ1) is 12.2. The fraction of sp³-hybridized carbons (Fsp3) is 0.571. The first kappa shape index (κ1) is 22.5. The Labute approximate surface area is 150 Å². The number of hydrogen-bond acceptors (Lipinski definition) is 8. The van der Waals surface area contributed by atoms with Crippen LogP contribution in [0.15, 0.2) is 23.5 Å². The number of ketones is 1. The van der Waals surface area contributed by atoms with Crippen LogP contribution >= 0.6 is 7.82 Å². The molecular weight excluding hydrogens is 369 g/mol. The topological polar surface area (TPSA) is 180 Å². The average Bonchev–Trinajstić information content (AvgIpc) is 2.55. The van der Waals surface area contributed by atoms with E-state index in [0.29, 0.717) is 5.57 Å². The van der Waals surface area contributed by atoms with Crippen LogP contribution in [0.4, 0.5) is 0 Å². The van der Waals surface area contributed by atoms with Gasteiger partial charge in [-0.05, 0) is 18.6 Å². The number of carboxylic acid groups (broad SMARTS) is 1. The molecule has 12 heteroatoms. The standard InChI is InChI=1S/C14H24N3O8P/c1-9-13(18)11(10(6-16-9)8-25-26(21,22)23)7-17-12(14(19)20)2-4-24-5-3-15/h2,4,9,12,16-17H,3,5-8,15H2,1H3,(H,19,20)(H2,21,22,23)/b4-2+. The summed E-state index contributed by atoms with van der Waals surface area (Å²) >= 11 is 0. The number of nitrogens with two attached hydrogens (primary N) is 1. The van der Waals surface area contributed by atoms with Crippen LogP contribution in [-0.4, -0.2) is 71.6 Å². The number of ether oxygens (including phenoxy) is 1. The summed E-state index contributed by atoms with van der Waals surface area (Å²) in [5.41, 5.74) is 5.83. The monoisotopic (exact) mass is 393 g/mol. The van der Waals surface area contributed by atoms with E-state index in [4.69, 9.17) is 20.3 Å². The number of carbonyl (C=O) groups is 2. The zero-order chi connectivity index (χ0) is 19.7. The van der Waals surface area contributed by atoms with E-state index in [0.717, 1.165) is 0 Å². The number of rotatable bonds is 11. The molecule has 1 aliphatic heterocycles. The minimum Gasteiger partial charge on any atom is -0.500 e. The molecule has 0 radical (unpaired) electrons. The number of Topliss-reactive ketones (excluding diaryl/α,β-unsaturated/α-hetero) is 1. The highest BCUT2D eigenvalue weighted by atomic mass is 31.2. The summed E-state index contributed by atoms with van der Waals surface area (Å²) in [4.78, 5) is 41.3. The Kier molecular flexibility index (Phi) is 9.09. The summed E-state index contributed by atoms with van der Waals surface area (Å²) in [6.45, 7) is 1.79. The Morgan fingerprint density at radius 3 is 2.81 bits per heavy atom. The Morgan fingerprint density at radius 2 is 2.23 bits per heavy atom. The average molecular weight is 393 g/mol. The Morgan fingerprint density at radius 1 is 1.54 bits per heavy atom. The lowest BCUT2D eigenvalue weighted by Crippen LogP contribution is -2.46. The van der Waals surface area contributed by atoms with E-state index in [9.17, 15) is 19.3 Å². The molecule has 0 aromatic carbocycles. The normalized spacial score (nSPS) is 19.8. The molecule has 0 fully saturated rings. The van der Waals surface area contributed by atoms with Gasteiger partial charge in [-0.3, -0.25) is 19.4 Å². The van der Waals surface area contributed by atoms with Gasteiger partial charge < -0.3 is 30.7 Å². The van der Waals surface area contributed by atoms with Crippen LogP contribution in [0.2, 0.25) is 0 Å². The third kappa shape index (κ3) is 7.75. The molecule has 26 heavy (non-hydrogen) atoms. The van der Waals surface area contributed by atoms with Crippen LogP contribution in [-0.2, 0) is 23.4 Å². The number of aliphatic carboxylic acids is 1. The molecule has 2 atom stereocenters. The molecular formula is C14H24N3O8P. The second kappa shape index (κ2) is 10.5. The van der Waals surface area contributed by atoms with Gasteiger partial charge in [-0.1, -0.05) is 0 Å². The van der Waals surface area contributed by atoms with Crippen molar-refractivity contribution in [2.45, 2.75) is 19.0 Å². The van der Waals surface area contributed by atoms with Gasteiger partial charge in [0.2, 0.25) is 0 Å². The Hall–Kier alpha value is -1.59. The summed E-state index contributed by atoms with van der Waals surface area (Å²) in [6.07, 6.45) is 2.47. The molecule has 7 N–H and O–H groups in total. The maximum absolute atomic E-state index is 12.3. The first-order valence-electron chi connectivity index (χ1n) is 7.78. The summed E-state index contributed by atoms with van der Waals surface area (Å²) in [5.74, 6) is -1.48. The molecule has 0 saturated heterocycles. The van der Waals surface area contributed by atoms with Gasteiger partial charge in [-0.15, -0.1) is 0 Å². The van der Waals surface area contributed by atoms with E-state index in [1.54, 1.807) is 6.92 Å². The third-order valence-electron chi connectivity index (χ3n) is 3.51. The highest BCUT2D eigenvalue weighted by Gasteiger charge is 2.28. The van der Waals surface area contributed by atoms with Crippen LogP contribution in [0.1, 0.15) is 6.92 Å². The van der Waals surface area contributed by atoms with Crippen molar-refractivity contribution in [2.75, 3.05) is 32.8 Å². The summed E-state index contributed by atoms with van der Waals surface area (Å²) in [6, 6.07) is -1.63. The molecule has 1 heterocycles. The lowest BCUT2D eigenvalue weighted by Gasteiger charge is -2.26. The predicted octanol–water partition coefficient (Wildman–Crippen LogP) is -1.52. The largest absolute Gasteiger partial charge is 0.500 e. The number of hydrogen-bond donors (Lipinski definition) is 6. The van der Waals surface area contributed by atoms with Crippen molar-refractivity contribution >= 4 is 19.6 Å². The van der Waals surface area contributed by atoms with Crippen LogP contribution in [0.5, 0.6) is 0 Å². The highest BCUT2D eigenvalue weighted by Crippen LogP contribution is 2.36. The zero-order valence-electron chi connectivity index (χ0n) is 14.3. The van der Waals surface area contributed by atoms with Gasteiger partial charge in [0, 0.05) is 25.2 Å². The molecule has 148 valence electrons. The Bertz CT molecular complexity index is 615. The molecule has 11 nitrogen and oxygen atoms in total. The quantitative estimate of drug-likeness (QED) is 0.136. The van der Waals surface area contributed by atoms with Crippen LogP contribution < -0.4 is 16.4 Å². The summed E-state index contributed by atoms with van der Waals surface area (Å²) in [5, 5.41) is 14.8. The van der Waals surface area contributed by atoms with E-state index >= 15 is 0 Å². The maximum atomic E-state index is 12.3. The van der Waals surface area contributed by atoms with Crippen molar-refractivity contribution in [2.24, 2.45) is 5.73 Å². The van der Waals surface area contributed by atoms with Crippen molar-refractivity contribution in [3.63, 3.8) is 0 Å². The molecule has 0 aromatic heterocycles. The first-order valence-corrected chi connectivity index (χ1v) is 9.32. The number of nitrogens with one attached hydrogen (secondary N) is 2. The Balaban J connectivity index is 2.85. The number of carboxylic acids is 1. The van der Waals surface area contributed by atoms with Crippen molar-refractivity contribution in [1.29, 1.82) is 0 Å². The lowest BCUT2D eigenvalue weighted by molar-refractivity contribution is -0.138. The maximum Gasteiger partial charge on any atom is 0.469 e. The fourth-order valence-electron chi connectivity index (χ4n) is 2.14. The van der Waals surface area contributed by atoms with Gasteiger partial charge in [0.05, 0.1) is 25.5 Å². The SMILES string of the molecule is CC1NCC(COP(=O)(O)O)=C(CNC(/C=C/OCCN)C(=O)O)C1=O. The molecule has 0 bridgehead atoms. The summed E-state index contributed by atoms with van der Waals surface area (Å²) in [7, 11) is -4.69. The van der Waals surface area contributed by atoms with Gasteiger partial charge in [0.15, 0.2) is 5.78 Å². The number of phosphoric acid groups is 1. The van der Waals surface area contributed by atoms with E-state index in [1.807, 2.05) is 0 Å². The molecule has 0 aromatic rings. The van der Waals surface area contributed by atoms with Crippen molar-refractivity contribution in [1.82, 2.24) is 10.6 Å². The summed E-state index contributed by atoms with van der Waals surface area (Å²) < 4.78 is 20.3. The van der Waals surface area contributed by atoms with Crippen LogP contribution in [0.25, 0.3) is 0 Å². The second-order valence-corrected chi connectivity index (χ2v) is 6.74. The fourth-order valence-corrected chi connectivity index (χ4v) is 2.47. The van der Waals surface area contributed by atoms with E-state index in [-0.39, 0.29) is 37.6 Å². The van der Waals surface area contributed by atoms with Gasteiger partial charge in [0.25, 0.3) is 0 Å². The third-order valence-corrected chi connectivity index (χ3v) is 3.98. The van der Waals surface area contributed by atoms with Crippen molar-refractivity contribution in [3.05, 3.63) is 23.5 Å². The highest BCUT2D eigenvalue weighted by molar-refractivity contribution is 7.46. The molecule has 1 aliphatic rings. The van der Waals surface area contributed by atoms with E-state index in [2.05, 4.69) is 15.2 Å². The van der Waals surface area contributed by atoms with Crippen molar-refractivity contribution < 1.29 is 38.3 Å². The predicted molar refractivity (Wildman–Crippen MR) is 91.1 cm³/mol. The van der Waals surface area contributed by atoms with Crippen LogP contribution in [0, 0.1) is 0 Å². The van der Waals surface area contributed by atoms with E-state index in [1.165, 1.54) is 12.3 Å². The van der Waals surface area contributed by atoms with E-state index < -0.39 is 32.5 Å². The molecule has 0 saturated carbocycles. The molecule has 0 aliphatic carbocycles. The van der Waals surface area contributed by atoms with Gasteiger partial charge >= 0.3 is 13.8 Å². The van der Waals surface area contributed by atoms with Crippen molar-refractivity contribution in [3.8, 4) is 0 Å². The number of phosphoric ester groups is 1. The zero-order valence-corrected chi connectivity index (χ0v) is 15.1. The molecule has 1 rings (SSSR count). The van der Waals surface area contributed by atoms with Gasteiger partial charge in [-0.25, -0.2) is 4.57 Å². The minimum absolute atomic E-state index is 0.108. The van der Waals surface area contributed by atoms with Gasteiger partial charge in [0.1, 0.15) is 6.04 Å². The smallest absolute Gasteiger partial charge is 0.469 e. The molecule has 0 spiro atoms.